The standard InChI is InChI=1S/C18H29N5/c1-21(17-7-8-17)18(19)20-9-10-22-11-13-23(14-12-22)15-16-5-3-2-4-6-16/h2-6,17H,7-15H2,1H3,(H2,19,20). The van der Waals surface area contributed by atoms with Crippen LogP contribution < -0.4 is 5.73 Å². The van der Waals surface area contributed by atoms with Crippen molar-refractivity contribution in [2.75, 3.05) is 46.3 Å². The van der Waals surface area contributed by atoms with E-state index in [4.69, 9.17) is 5.73 Å². The lowest BCUT2D eigenvalue weighted by atomic mass is 10.2. The van der Waals surface area contributed by atoms with E-state index in [1.807, 2.05) is 0 Å². The molecule has 0 atom stereocenters. The molecule has 0 amide bonds. The van der Waals surface area contributed by atoms with Gasteiger partial charge in [0, 0.05) is 52.4 Å². The van der Waals surface area contributed by atoms with Crippen molar-refractivity contribution < 1.29 is 0 Å². The average Bonchev–Trinajstić information content (AvgIpc) is 3.41. The van der Waals surface area contributed by atoms with Crippen molar-refractivity contribution in [3.8, 4) is 0 Å². The zero-order valence-electron chi connectivity index (χ0n) is 14.2. The molecule has 0 spiro atoms. The molecule has 5 heteroatoms. The van der Waals surface area contributed by atoms with Crippen molar-refractivity contribution >= 4 is 5.96 Å². The largest absolute Gasteiger partial charge is 0.370 e. The van der Waals surface area contributed by atoms with Gasteiger partial charge in [-0.05, 0) is 18.4 Å². The van der Waals surface area contributed by atoms with Crippen LogP contribution in [0, 0.1) is 0 Å². The minimum Gasteiger partial charge on any atom is -0.370 e. The number of hydrogen-bond donors (Lipinski definition) is 1. The van der Waals surface area contributed by atoms with Gasteiger partial charge in [-0.2, -0.15) is 0 Å². The van der Waals surface area contributed by atoms with Crippen LogP contribution in [0.4, 0.5) is 0 Å². The molecular weight excluding hydrogens is 286 g/mol. The minimum atomic E-state index is 0.639. The highest BCUT2D eigenvalue weighted by atomic mass is 15.3. The van der Waals surface area contributed by atoms with Crippen LogP contribution >= 0.6 is 0 Å². The molecule has 2 fully saturated rings. The van der Waals surface area contributed by atoms with Crippen molar-refractivity contribution in [3.63, 3.8) is 0 Å². The van der Waals surface area contributed by atoms with E-state index in [-0.39, 0.29) is 0 Å². The second-order valence-corrected chi connectivity index (χ2v) is 6.69. The summed E-state index contributed by atoms with van der Waals surface area (Å²) in [4.78, 5) is 11.7. The van der Waals surface area contributed by atoms with E-state index in [0.29, 0.717) is 12.0 Å². The van der Waals surface area contributed by atoms with E-state index in [0.717, 1.165) is 45.8 Å². The zero-order chi connectivity index (χ0) is 16.1. The average molecular weight is 315 g/mol. The first-order valence-corrected chi connectivity index (χ1v) is 8.74. The maximum Gasteiger partial charge on any atom is 0.191 e. The Balaban J connectivity index is 1.35. The topological polar surface area (TPSA) is 48.1 Å². The van der Waals surface area contributed by atoms with Crippen molar-refractivity contribution in [1.29, 1.82) is 0 Å². The summed E-state index contributed by atoms with van der Waals surface area (Å²) in [7, 11) is 2.05. The van der Waals surface area contributed by atoms with Crippen LogP contribution in [0.5, 0.6) is 0 Å². The maximum atomic E-state index is 6.03. The van der Waals surface area contributed by atoms with Crippen molar-refractivity contribution in [2.45, 2.75) is 25.4 Å². The molecule has 5 nitrogen and oxygen atoms in total. The first-order valence-electron chi connectivity index (χ1n) is 8.74. The third-order valence-electron chi connectivity index (χ3n) is 4.86. The summed E-state index contributed by atoms with van der Waals surface area (Å²) in [6, 6.07) is 11.4. The lowest BCUT2D eigenvalue weighted by Crippen LogP contribution is -2.46. The number of benzene rings is 1. The normalized spacial score (nSPS) is 20.7. The number of hydrogen-bond acceptors (Lipinski definition) is 3. The Labute approximate surface area is 139 Å². The van der Waals surface area contributed by atoms with E-state index in [9.17, 15) is 0 Å². The monoisotopic (exact) mass is 315 g/mol. The molecule has 1 heterocycles. The molecule has 1 saturated carbocycles. The fraction of sp³-hybridized carbons (Fsp3) is 0.611. The number of nitrogens with two attached hydrogens (primary N) is 1. The third-order valence-corrected chi connectivity index (χ3v) is 4.86. The Hall–Kier alpha value is -1.59. The second-order valence-electron chi connectivity index (χ2n) is 6.69. The number of piperazine rings is 1. The minimum absolute atomic E-state index is 0.639. The highest BCUT2D eigenvalue weighted by molar-refractivity contribution is 5.78. The second kappa shape index (κ2) is 7.79. The summed E-state index contributed by atoms with van der Waals surface area (Å²) < 4.78 is 0. The molecule has 1 aliphatic heterocycles. The van der Waals surface area contributed by atoms with Crippen LogP contribution in [0.1, 0.15) is 18.4 Å². The van der Waals surface area contributed by atoms with Gasteiger partial charge < -0.3 is 10.6 Å². The Morgan fingerprint density at radius 2 is 1.78 bits per heavy atom. The van der Waals surface area contributed by atoms with E-state index < -0.39 is 0 Å². The van der Waals surface area contributed by atoms with Crippen molar-refractivity contribution in [3.05, 3.63) is 35.9 Å². The van der Waals surface area contributed by atoms with Gasteiger partial charge in [-0.15, -0.1) is 0 Å². The van der Waals surface area contributed by atoms with E-state index in [2.05, 4.69) is 57.1 Å². The van der Waals surface area contributed by atoms with E-state index >= 15 is 0 Å². The fourth-order valence-corrected chi connectivity index (χ4v) is 3.08. The SMILES string of the molecule is CN(C(N)=NCCN1CCN(Cc2ccccc2)CC1)C1CC1. The zero-order valence-corrected chi connectivity index (χ0v) is 14.2. The summed E-state index contributed by atoms with van der Waals surface area (Å²) in [6.45, 7) is 7.40. The number of rotatable bonds is 6. The molecule has 0 unspecified atom stereocenters. The van der Waals surface area contributed by atoms with E-state index in [1.54, 1.807) is 0 Å². The Kier molecular flexibility index (Phi) is 5.51. The summed E-state index contributed by atoms with van der Waals surface area (Å²) >= 11 is 0. The molecule has 2 aliphatic rings. The van der Waals surface area contributed by atoms with Gasteiger partial charge >= 0.3 is 0 Å². The van der Waals surface area contributed by atoms with Gasteiger partial charge in [-0.1, -0.05) is 30.3 Å². The molecule has 1 aromatic rings. The highest BCUT2D eigenvalue weighted by Crippen LogP contribution is 2.24. The predicted octanol–water partition coefficient (Wildman–Crippen LogP) is 1.21. The molecular formula is C18H29N5. The first-order chi connectivity index (χ1) is 11.2. The van der Waals surface area contributed by atoms with Crippen LogP contribution in [0.25, 0.3) is 0 Å². The van der Waals surface area contributed by atoms with Crippen LogP contribution in [-0.2, 0) is 6.54 Å². The molecule has 0 aromatic heterocycles. The lowest BCUT2D eigenvalue weighted by molar-refractivity contribution is 0.130. The summed E-state index contributed by atoms with van der Waals surface area (Å²) in [5.41, 5.74) is 7.44. The van der Waals surface area contributed by atoms with Crippen LogP contribution in [0.3, 0.4) is 0 Å². The van der Waals surface area contributed by atoms with Gasteiger partial charge in [0.05, 0.1) is 6.54 Å². The van der Waals surface area contributed by atoms with Crippen LogP contribution in [0.15, 0.2) is 35.3 Å². The quantitative estimate of drug-likeness (QED) is 0.633. The number of guanidine groups is 1. The summed E-state index contributed by atoms with van der Waals surface area (Å²) in [6.07, 6.45) is 2.52. The third kappa shape index (κ3) is 4.94. The maximum absolute atomic E-state index is 6.03. The van der Waals surface area contributed by atoms with Gasteiger partial charge in [-0.25, -0.2) is 0 Å². The van der Waals surface area contributed by atoms with Crippen molar-refractivity contribution in [1.82, 2.24) is 14.7 Å². The first kappa shape index (κ1) is 16.3. The molecule has 0 bridgehead atoms. The van der Waals surface area contributed by atoms with Gasteiger partial charge in [-0.3, -0.25) is 14.8 Å². The smallest absolute Gasteiger partial charge is 0.191 e. The van der Waals surface area contributed by atoms with Gasteiger partial charge in [0.15, 0.2) is 5.96 Å². The molecule has 23 heavy (non-hydrogen) atoms. The highest BCUT2D eigenvalue weighted by Gasteiger charge is 2.27. The molecule has 1 aliphatic carbocycles. The molecule has 1 aromatic carbocycles. The van der Waals surface area contributed by atoms with Crippen molar-refractivity contribution in [2.24, 2.45) is 10.7 Å². The Morgan fingerprint density at radius 3 is 2.43 bits per heavy atom. The Bertz CT molecular complexity index is 503. The van der Waals surface area contributed by atoms with Gasteiger partial charge in [0.25, 0.3) is 0 Å². The van der Waals surface area contributed by atoms with Crippen LogP contribution in [0.2, 0.25) is 0 Å². The van der Waals surface area contributed by atoms with Gasteiger partial charge in [0.1, 0.15) is 0 Å². The van der Waals surface area contributed by atoms with Crippen LogP contribution in [-0.4, -0.2) is 73.0 Å². The molecule has 126 valence electrons. The molecule has 2 N–H and O–H groups in total. The lowest BCUT2D eigenvalue weighted by Gasteiger charge is -2.34. The number of aliphatic imine (C=N–C) groups is 1. The Morgan fingerprint density at radius 1 is 1.13 bits per heavy atom. The summed E-state index contributed by atoms with van der Waals surface area (Å²) in [5, 5.41) is 0. The van der Waals surface area contributed by atoms with Gasteiger partial charge in [0.2, 0.25) is 0 Å². The number of nitrogens with zero attached hydrogens (tertiary/aromatic N) is 4. The molecule has 1 saturated heterocycles. The predicted molar refractivity (Wildman–Crippen MR) is 95.4 cm³/mol. The fourth-order valence-electron chi connectivity index (χ4n) is 3.08. The summed E-state index contributed by atoms with van der Waals surface area (Å²) in [5.74, 6) is 0.704. The van der Waals surface area contributed by atoms with E-state index in [1.165, 1.54) is 18.4 Å². The molecule has 3 rings (SSSR count). The molecule has 0 radical (unpaired) electrons.